The summed E-state index contributed by atoms with van der Waals surface area (Å²) in [4.78, 5) is 12.7. The van der Waals surface area contributed by atoms with E-state index in [1.807, 2.05) is 30.3 Å². The van der Waals surface area contributed by atoms with Crippen molar-refractivity contribution in [3.8, 4) is 28.6 Å². The van der Waals surface area contributed by atoms with E-state index in [1.165, 1.54) is 24.9 Å². The third-order valence-electron chi connectivity index (χ3n) is 4.78. The lowest BCUT2D eigenvalue weighted by Gasteiger charge is -2.12. The van der Waals surface area contributed by atoms with E-state index in [2.05, 4.69) is 15.5 Å². The summed E-state index contributed by atoms with van der Waals surface area (Å²) >= 11 is 1.20. The molecule has 1 heterocycles. The Morgan fingerprint density at radius 1 is 1.00 bits per heavy atom. The quantitative estimate of drug-likeness (QED) is 0.377. The molecule has 7 nitrogen and oxygen atoms in total. The number of aromatic nitrogens is 3. The minimum atomic E-state index is -0.401. The highest BCUT2D eigenvalue weighted by molar-refractivity contribution is 7.99. The summed E-state index contributed by atoms with van der Waals surface area (Å²) in [6, 6.07) is 20.9. The number of thioether (sulfide) groups is 1. The number of methoxy groups -OCH3 is 2. The predicted molar refractivity (Wildman–Crippen MR) is 126 cm³/mol. The second-order valence-corrected chi connectivity index (χ2v) is 7.80. The highest BCUT2D eigenvalue weighted by Crippen LogP contribution is 2.31. The van der Waals surface area contributed by atoms with Gasteiger partial charge in [-0.25, -0.2) is 4.39 Å². The van der Waals surface area contributed by atoms with Crippen molar-refractivity contribution < 1.29 is 18.7 Å². The van der Waals surface area contributed by atoms with Crippen LogP contribution < -0.4 is 14.8 Å². The number of hydrogen-bond donors (Lipinski definition) is 1. The zero-order valence-corrected chi connectivity index (χ0v) is 18.8. The predicted octanol–water partition coefficient (Wildman–Crippen LogP) is 4.82. The van der Waals surface area contributed by atoms with Crippen molar-refractivity contribution in [1.82, 2.24) is 14.8 Å². The smallest absolute Gasteiger partial charge is 0.234 e. The molecule has 0 aliphatic heterocycles. The van der Waals surface area contributed by atoms with Crippen molar-refractivity contribution in [3.63, 3.8) is 0 Å². The molecular weight excluding hydrogens is 443 g/mol. The maximum atomic E-state index is 14.5. The standard InChI is InChI=1S/C24H21FN4O3S/c1-31-17-12-13-21(32-2)20(14-17)26-22(30)15-33-24-28-27-23(18-10-6-7-11-19(18)25)29(24)16-8-4-3-5-9-16/h3-14H,15H2,1-2H3,(H,26,30). The van der Waals surface area contributed by atoms with Crippen LogP contribution in [0, 0.1) is 5.82 Å². The van der Waals surface area contributed by atoms with E-state index in [1.54, 1.807) is 48.1 Å². The van der Waals surface area contributed by atoms with Gasteiger partial charge in [0.25, 0.3) is 0 Å². The number of carbonyl (C=O) groups excluding carboxylic acids is 1. The Morgan fingerprint density at radius 3 is 2.48 bits per heavy atom. The molecular formula is C24H21FN4O3S. The fourth-order valence-corrected chi connectivity index (χ4v) is 3.97. The average molecular weight is 465 g/mol. The van der Waals surface area contributed by atoms with Crippen molar-refractivity contribution in [2.75, 3.05) is 25.3 Å². The Labute approximate surface area is 194 Å². The van der Waals surface area contributed by atoms with Crippen molar-refractivity contribution >= 4 is 23.4 Å². The Morgan fingerprint density at radius 2 is 1.76 bits per heavy atom. The van der Waals surface area contributed by atoms with Crippen molar-refractivity contribution in [1.29, 1.82) is 0 Å². The van der Waals surface area contributed by atoms with Crippen molar-refractivity contribution in [2.45, 2.75) is 5.16 Å². The van der Waals surface area contributed by atoms with Gasteiger partial charge in [0.15, 0.2) is 11.0 Å². The number of benzene rings is 3. The molecule has 0 saturated heterocycles. The summed E-state index contributed by atoms with van der Waals surface area (Å²) in [6.07, 6.45) is 0. The molecule has 4 rings (SSSR count). The van der Waals surface area contributed by atoms with Gasteiger partial charge < -0.3 is 14.8 Å². The monoisotopic (exact) mass is 464 g/mol. The van der Waals surface area contributed by atoms with Crippen LogP contribution in [0.5, 0.6) is 11.5 Å². The van der Waals surface area contributed by atoms with E-state index < -0.39 is 5.82 Å². The first kappa shape index (κ1) is 22.3. The SMILES string of the molecule is COc1ccc(OC)c(NC(=O)CSc2nnc(-c3ccccc3F)n2-c2ccccc2)c1. The number of amides is 1. The third-order valence-corrected chi connectivity index (χ3v) is 5.70. The number of hydrogen-bond acceptors (Lipinski definition) is 6. The second-order valence-electron chi connectivity index (χ2n) is 6.86. The number of anilines is 1. The number of nitrogens with one attached hydrogen (secondary N) is 1. The molecule has 0 aliphatic carbocycles. The van der Waals surface area contributed by atoms with Gasteiger partial charge in [-0.1, -0.05) is 42.1 Å². The van der Waals surface area contributed by atoms with Crippen LogP contribution in [0.25, 0.3) is 17.1 Å². The summed E-state index contributed by atoms with van der Waals surface area (Å²) in [6.45, 7) is 0. The Bertz CT molecular complexity index is 1260. The number of ether oxygens (including phenoxy) is 2. The molecule has 0 spiro atoms. The lowest BCUT2D eigenvalue weighted by atomic mass is 10.2. The Hall–Kier alpha value is -3.85. The molecule has 33 heavy (non-hydrogen) atoms. The zero-order chi connectivity index (χ0) is 23.2. The molecule has 1 N–H and O–H groups in total. The third kappa shape index (κ3) is 4.98. The molecule has 3 aromatic carbocycles. The molecule has 0 fully saturated rings. The van der Waals surface area contributed by atoms with Crippen LogP contribution in [0.15, 0.2) is 78.0 Å². The molecule has 0 unspecified atom stereocenters. The lowest BCUT2D eigenvalue weighted by molar-refractivity contribution is -0.113. The molecule has 4 aromatic rings. The van der Waals surface area contributed by atoms with Gasteiger partial charge in [-0.3, -0.25) is 9.36 Å². The summed E-state index contributed by atoms with van der Waals surface area (Å²) in [5.74, 6) is 0.864. The van der Waals surface area contributed by atoms with Gasteiger partial charge in [0, 0.05) is 11.8 Å². The van der Waals surface area contributed by atoms with Gasteiger partial charge in [-0.2, -0.15) is 0 Å². The van der Waals surface area contributed by atoms with Gasteiger partial charge in [0.05, 0.1) is 31.2 Å². The van der Waals surface area contributed by atoms with E-state index in [0.29, 0.717) is 33.7 Å². The fourth-order valence-electron chi connectivity index (χ4n) is 3.22. The van der Waals surface area contributed by atoms with Gasteiger partial charge in [0.2, 0.25) is 5.91 Å². The number of nitrogens with zero attached hydrogens (tertiary/aromatic N) is 3. The molecule has 0 aliphatic rings. The van der Waals surface area contributed by atoms with Gasteiger partial charge >= 0.3 is 0 Å². The highest BCUT2D eigenvalue weighted by Gasteiger charge is 2.19. The van der Waals surface area contributed by atoms with E-state index in [9.17, 15) is 9.18 Å². The molecule has 168 valence electrons. The van der Waals surface area contributed by atoms with Crippen LogP contribution in [0.2, 0.25) is 0 Å². The van der Waals surface area contributed by atoms with Crippen LogP contribution in [-0.4, -0.2) is 40.6 Å². The molecule has 0 bridgehead atoms. The van der Waals surface area contributed by atoms with Crippen LogP contribution in [0.3, 0.4) is 0 Å². The van der Waals surface area contributed by atoms with Crippen molar-refractivity contribution in [2.24, 2.45) is 0 Å². The van der Waals surface area contributed by atoms with E-state index >= 15 is 0 Å². The van der Waals surface area contributed by atoms with E-state index in [0.717, 1.165) is 5.69 Å². The topological polar surface area (TPSA) is 78.3 Å². The molecule has 0 radical (unpaired) electrons. The highest BCUT2D eigenvalue weighted by atomic mass is 32.2. The van der Waals surface area contributed by atoms with Gasteiger partial charge in [0.1, 0.15) is 17.3 Å². The number of carbonyl (C=O) groups is 1. The first-order valence-electron chi connectivity index (χ1n) is 10.0. The molecule has 9 heteroatoms. The fraction of sp³-hybridized carbons (Fsp3) is 0.125. The maximum Gasteiger partial charge on any atom is 0.234 e. The van der Waals surface area contributed by atoms with Gasteiger partial charge in [-0.15, -0.1) is 10.2 Å². The van der Waals surface area contributed by atoms with E-state index in [-0.39, 0.29) is 11.7 Å². The van der Waals surface area contributed by atoms with Crippen LogP contribution in [-0.2, 0) is 4.79 Å². The van der Waals surface area contributed by atoms with Crippen LogP contribution in [0.4, 0.5) is 10.1 Å². The average Bonchev–Trinajstić information content (AvgIpc) is 3.27. The number of rotatable bonds is 8. The number of halogens is 1. The van der Waals surface area contributed by atoms with Crippen LogP contribution in [0.1, 0.15) is 0 Å². The number of para-hydroxylation sites is 1. The van der Waals surface area contributed by atoms with Gasteiger partial charge in [-0.05, 0) is 36.4 Å². The maximum absolute atomic E-state index is 14.5. The lowest BCUT2D eigenvalue weighted by Crippen LogP contribution is -2.15. The Kier molecular flexibility index (Phi) is 6.89. The normalized spacial score (nSPS) is 10.6. The summed E-state index contributed by atoms with van der Waals surface area (Å²) in [7, 11) is 3.08. The molecule has 0 atom stereocenters. The van der Waals surface area contributed by atoms with Crippen molar-refractivity contribution in [3.05, 3.63) is 78.6 Å². The second kappa shape index (κ2) is 10.2. The molecule has 1 amide bonds. The first-order valence-corrected chi connectivity index (χ1v) is 11.0. The Balaban J connectivity index is 1.59. The zero-order valence-electron chi connectivity index (χ0n) is 18.0. The minimum absolute atomic E-state index is 0.0581. The molecule has 0 saturated carbocycles. The van der Waals surface area contributed by atoms with Crippen LogP contribution >= 0.6 is 11.8 Å². The summed E-state index contributed by atoms with van der Waals surface area (Å²) in [5.41, 5.74) is 1.59. The summed E-state index contributed by atoms with van der Waals surface area (Å²) in [5, 5.41) is 11.8. The molecule has 1 aromatic heterocycles. The summed E-state index contributed by atoms with van der Waals surface area (Å²) < 4.78 is 26.8. The largest absolute Gasteiger partial charge is 0.497 e. The van der Waals surface area contributed by atoms with E-state index in [4.69, 9.17) is 9.47 Å². The first-order chi connectivity index (χ1) is 16.1. The minimum Gasteiger partial charge on any atom is -0.497 e.